The highest BCUT2D eigenvalue weighted by atomic mass is 16.5. The third-order valence-electron chi connectivity index (χ3n) is 6.14. The van der Waals surface area contributed by atoms with Crippen LogP contribution in [0.5, 0.6) is 5.75 Å². The maximum absolute atomic E-state index is 10.6. The topological polar surface area (TPSA) is 127 Å². The Morgan fingerprint density at radius 3 is 2.27 bits per heavy atom. The monoisotopic (exact) mass is 424 g/mol. The summed E-state index contributed by atoms with van der Waals surface area (Å²) in [6.45, 7) is -0.314. The summed E-state index contributed by atoms with van der Waals surface area (Å²) in [5.74, 6) is -0.341. The normalized spacial score (nSPS) is 25.7. The first kappa shape index (κ1) is 24.6. The number of aliphatic carboxylic acids is 1. The third-order valence-corrected chi connectivity index (χ3v) is 6.14. The minimum absolute atomic E-state index is 0.0331. The molecule has 5 N–H and O–H groups in total. The van der Waals surface area contributed by atoms with Crippen molar-refractivity contribution < 1.29 is 35.1 Å². The lowest BCUT2D eigenvalue weighted by Crippen LogP contribution is -2.36. The number of para-hydroxylation sites is 1. The molecular formula is C23H36O7. The van der Waals surface area contributed by atoms with Gasteiger partial charge >= 0.3 is 5.97 Å². The van der Waals surface area contributed by atoms with Gasteiger partial charge in [-0.2, -0.15) is 0 Å². The molecule has 0 amide bonds. The van der Waals surface area contributed by atoms with Crippen LogP contribution in [0.2, 0.25) is 0 Å². The summed E-state index contributed by atoms with van der Waals surface area (Å²) in [6.07, 6.45) is 2.69. The van der Waals surface area contributed by atoms with E-state index in [0.717, 1.165) is 25.7 Å². The summed E-state index contributed by atoms with van der Waals surface area (Å²) in [4.78, 5) is 10.6. The van der Waals surface area contributed by atoms with Gasteiger partial charge in [0, 0.05) is 6.42 Å². The summed E-state index contributed by atoms with van der Waals surface area (Å²) in [5.41, 5.74) is 0. The second kappa shape index (κ2) is 12.9. The predicted octanol–water partition coefficient (Wildman–Crippen LogP) is 2.35. The van der Waals surface area contributed by atoms with E-state index < -0.39 is 30.4 Å². The van der Waals surface area contributed by atoms with Gasteiger partial charge in [-0.25, -0.2) is 0 Å². The fourth-order valence-electron chi connectivity index (χ4n) is 4.45. The van der Waals surface area contributed by atoms with E-state index in [1.807, 2.05) is 18.2 Å². The standard InChI is InChI=1S/C23H36O7/c24-15-22(30-16-8-4-3-5-9-16)19(25)13-12-18-17(20(26)14-21(18)27)10-6-1-2-7-11-23(28)29/h3-5,8-9,17-22,24-27H,1-2,6-7,10-15H2,(H,28,29). The first-order chi connectivity index (χ1) is 14.4. The number of hydrogen-bond donors (Lipinski definition) is 5. The highest BCUT2D eigenvalue weighted by Crippen LogP contribution is 2.39. The first-order valence-electron chi connectivity index (χ1n) is 11.0. The highest BCUT2D eigenvalue weighted by Gasteiger charge is 2.41. The van der Waals surface area contributed by atoms with Crippen LogP contribution in [-0.2, 0) is 4.79 Å². The van der Waals surface area contributed by atoms with E-state index in [0.29, 0.717) is 31.4 Å². The van der Waals surface area contributed by atoms with Gasteiger partial charge in [-0.15, -0.1) is 0 Å². The van der Waals surface area contributed by atoms with Crippen LogP contribution >= 0.6 is 0 Å². The van der Waals surface area contributed by atoms with Gasteiger partial charge in [0.25, 0.3) is 0 Å². The summed E-state index contributed by atoms with van der Waals surface area (Å²) in [6, 6.07) is 9.02. The van der Waals surface area contributed by atoms with Crippen molar-refractivity contribution >= 4 is 5.97 Å². The quantitative estimate of drug-likeness (QED) is 0.290. The largest absolute Gasteiger partial charge is 0.485 e. The van der Waals surface area contributed by atoms with Gasteiger partial charge in [-0.05, 0) is 56.1 Å². The Bertz CT molecular complexity index is 609. The number of unbranched alkanes of at least 4 members (excludes halogenated alkanes) is 3. The number of hydrogen-bond acceptors (Lipinski definition) is 6. The van der Waals surface area contributed by atoms with Crippen molar-refractivity contribution in [2.24, 2.45) is 11.8 Å². The number of ether oxygens (including phenoxy) is 1. The maximum Gasteiger partial charge on any atom is 0.303 e. The van der Waals surface area contributed by atoms with Crippen molar-refractivity contribution in [1.29, 1.82) is 0 Å². The van der Waals surface area contributed by atoms with Gasteiger partial charge in [0.2, 0.25) is 0 Å². The van der Waals surface area contributed by atoms with Crippen LogP contribution < -0.4 is 4.74 Å². The molecule has 170 valence electrons. The van der Waals surface area contributed by atoms with Crippen LogP contribution in [0.15, 0.2) is 30.3 Å². The molecule has 1 aromatic carbocycles. The molecule has 30 heavy (non-hydrogen) atoms. The van der Waals surface area contributed by atoms with Crippen molar-refractivity contribution in [2.45, 2.75) is 82.2 Å². The molecule has 0 bridgehead atoms. The van der Waals surface area contributed by atoms with Crippen LogP contribution in [0.3, 0.4) is 0 Å². The molecule has 0 radical (unpaired) electrons. The highest BCUT2D eigenvalue weighted by molar-refractivity contribution is 5.66. The number of aliphatic hydroxyl groups is 4. The first-order valence-corrected chi connectivity index (χ1v) is 11.0. The van der Waals surface area contributed by atoms with E-state index in [1.54, 1.807) is 12.1 Å². The maximum atomic E-state index is 10.6. The Balaban J connectivity index is 1.79. The number of carboxylic acids is 1. The number of carboxylic acid groups (broad SMARTS) is 1. The van der Waals surface area contributed by atoms with E-state index >= 15 is 0 Å². The number of aliphatic hydroxyl groups excluding tert-OH is 4. The second-order valence-electron chi connectivity index (χ2n) is 8.34. The van der Waals surface area contributed by atoms with Crippen molar-refractivity contribution in [2.75, 3.05) is 6.61 Å². The average Bonchev–Trinajstić information content (AvgIpc) is 2.99. The van der Waals surface area contributed by atoms with Crippen LogP contribution in [-0.4, -0.2) is 62.5 Å². The summed E-state index contributed by atoms with van der Waals surface area (Å²) < 4.78 is 5.68. The van der Waals surface area contributed by atoms with Crippen LogP contribution in [0.1, 0.15) is 57.8 Å². The van der Waals surface area contributed by atoms with E-state index in [1.165, 1.54) is 0 Å². The third kappa shape index (κ3) is 7.87. The van der Waals surface area contributed by atoms with Crippen LogP contribution in [0, 0.1) is 11.8 Å². The molecule has 1 saturated carbocycles. The Labute approximate surface area is 178 Å². The van der Waals surface area contributed by atoms with E-state index in [2.05, 4.69) is 0 Å². The molecule has 0 heterocycles. The Kier molecular flexibility index (Phi) is 10.6. The lowest BCUT2D eigenvalue weighted by Gasteiger charge is -2.27. The van der Waals surface area contributed by atoms with Crippen molar-refractivity contribution in [3.8, 4) is 5.75 Å². The minimum atomic E-state index is -0.878. The molecular weight excluding hydrogens is 388 g/mol. The second-order valence-corrected chi connectivity index (χ2v) is 8.34. The van der Waals surface area contributed by atoms with Gasteiger partial charge in [-0.3, -0.25) is 4.79 Å². The van der Waals surface area contributed by atoms with Crippen LogP contribution in [0.25, 0.3) is 0 Å². The summed E-state index contributed by atoms with van der Waals surface area (Å²) >= 11 is 0. The minimum Gasteiger partial charge on any atom is -0.485 e. The summed E-state index contributed by atoms with van der Waals surface area (Å²) in [7, 11) is 0. The predicted molar refractivity (Wildman–Crippen MR) is 112 cm³/mol. The molecule has 6 unspecified atom stereocenters. The van der Waals surface area contributed by atoms with Crippen molar-refractivity contribution in [1.82, 2.24) is 0 Å². The van der Waals surface area contributed by atoms with E-state index in [-0.39, 0.29) is 24.9 Å². The molecule has 1 aliphatic rings. The SMILES string of the molecule is O=C(O)CCCCCCC1C(O)CC(O)C1CCC(O)C(CO)Oc1ccccc1. The molecule has 1 fully saturated rings. The Morgan fingerprint density at radius 2 is 1.63 bits per heavy atom. The molecule has 7 nitrogen and oxygen atoms in total. The molecule has 0 spiro atoms. The molecule has 0 saturated heterocycles. The summed E-state index contributed by atoms with van der Waals surface area (Å²) in [5, 5.41) is 49.5. The average molecular weight is 425 g/mol. The Hall–Kier alpha value is -1.67. The van der Waals surface area contributed by atoms with Crippen molar-refractivity contribution in [3.05, 3.63) is 30.3 Å². The zero-order chi connectivity index (χ0) is 21.9. The number of benzene rings is 1. The molecule has 0 aromatic heterocycles. The van der Waals surface area contributed by atoms with Gasteiger partial charge in [-0.1, -0.05) is 37.5 Å². The molecule has 6 atom stereocenters. The van der Waals surface area contributed by atoms with Gasteiger partial charge < -0.3 is 30.3 Å². The lowest BCUT2D eigenvalue weighted by molar-refractivity contribution is -0.137. The van der Waals surface area contributed by atoms with Gasteiger partial charge in [0.05, 0.1) is 24.9 Å². The Morgan fingerprint density at radius 1 is 1.00 bits per heavy atom. The molecule has 2 rings (SSSR count). The number of carbonyl (C=O) groups is 1. The molecule has 7 heteroatoms. The number of rotatable bonds is 14. The zero-order valence-electron chi connectivity index (χ0n) is 17.5. The van der Waals surface area contributed by atoms with Gasteiger partial charge in [0.15, 0.2) is 0 Å². The van der Waals surface area contributed by atoms with Gasteiger partial charge in [0.1, 0.15) is 11.9 Å². The van der Waals surface area contributed by atoms with E-state index in [4.69, 9.17) is 9.84 Å². The van der Waals surface area contributed by atoms with E-state index in [9.17, 15) is 25.2 Å². The zero-order valence-corrected chi connectivity index (χ0v) is 17.5. The molecule has 1 aromatic rings. The molecule has 0 aliphatic heterocycles. The fourth-order valence-corrected chi connectivity index (χ4v) is 4.45. The molecule has 1 aliphatic carbocycles. The lowest BCUT2D eigenvalue weighted by atomic mass is 9.84. The smallest absolute Gasteiger partial charge is 0.303 e. The van der Waals surface area contributed by atoms with Crippen molar-refractivity contribution in [3.63, 3.8) is 0 Å². The fraction of sp³-hybridized carbons (Fsp3) is 0.696. The van der Waals surface area contributed by atoms with Crippen LogP contribution in [0.4, 0.5) is 0 Å².